The lowest BCUT2D eigenvalue weighted by atomic mass is 10.0. The van der Waals surface area contributed by atoms with Gasteiger partial charge < -0.3 is 5.73 Å². The van der Waals surface area contributed by atoms with Gasteiger partial charge in [-0.15, -0.1) is 11.3 Å². The lowest BCUT2D eigenvalue weighted by Crippen LogP contribution is -2.50. The van der Waals surface area contributed by atoms with Gasteiger partial charge in [0.25, 0.3) is 0 Å². The number of aliphatic imine (C=N–C) groups is 1. The van der Waals surface area contributed by atoms with Crippen LogP contribution in [0.15, 0.2) is 59.7 Å². The molecule has 0 bridgehead atoms. The van der Waals surface area contributed by atoms with Crippen LogP contribution in [0.4, 0.5) is 4.39 Å². The lowest BCUT2D eigenvalue weighted by molar-refractivity contribution is 0.466. The molecule has 0 saturated carbocycles. The van der Waals surface area contributed by atoms with Gasteiger partial charge in [-0.2, -0.15) is 0 Å². The van der Waals surface area contributed by atoms with E-state index in [2.05, 4.69) is 9.98 Å². The van der Waals surface area contributed by atoms with Crippen molar-refractivity contribution in [3.05, 3.63) is 65.4 Å². The van der Waals surface area contributed by atoms with Gasteiger partial charge in [-0.05, 0) is 30.7 Å². The number of pyridine rings is 1. The van der Waals surface area contributed by atoms with E-state index >= 15 is 0 Å². The molecular weight excluding hydrogens is 411 g/mol. The van der Waals surface area contributed by atoms with Gasteiger partial charge in [0.15, 0.2) is 0 Å². The molecule has 0 saturated heterocycles. The molecule has 1 aliphatic heterocycles. The molecule has 0 spiro atoms. The van der Waals surface area contributed by atoms with E-state index in [9.17, 15) is 12.8 Å². The summed E-state index contributed by atoms with van der Waals surface area (Å²) in [6.45, 7) is 1.59. The van der Waals surface area contributed by atoms with Gasteiger partial charge in [-0.25, -0.2) is 22.1 Å². The SMILES string of the molecule is CN1C(N)=NC(C)(c2sc(-c3ccnc(-c4ccccc4)c3)cc2F)CS1(=O)=O. The largest absolute Gasteiger partial charge is 0.369 e. The van der Waals surface area contributed by atoms with Crippen molar-refractivity contribution in [1.82, 2.24) is 9.29 Å². The van der Waals surface area contributed by atoms with Crippen molar-refractivity contribution in [3.63, 3.8) is 0 Å². The predicted octanol–water partition coefficient (Wildman–Crippen LogP) is 3.42. The van der Waals surface area contributed by atoms with E-state index < -0.39 is 21.4 Å². The van der Waals surface area contributed by atoms with Gasteiger partial charge in [0.2, 0.25) is 16.0 Å². The average Bonchev–Trinajstić information content (AvgIpc) is 3.09. The number of benzene rings is 1. The Bertz CT molecular complexity index is 1210. The second kappa shape index (κ2) is 6.93. The van der Waals surface area contributed by atoms with Gasteiger partial charge in [0.05, 0.1) is 16.3 Å². The first-order valence-electron chi connectivity index (χ1n) is 8.83. The molecule has 2 aromatic heterocycles. The zero-order valence-electron chi connectivity index (χ0n) is 15.8. The van der Waals surface area contributed by atoms with E-state index in [-0.39, 0.29) is 16.6 Å². The highest BCUT2D eigenvalue weighted by molar-refractivity contribution is 7.89. The summed E-state index contributed by atoms with van der Waals surface area (Å²) < 4.78 is 40.6. The Balaban J connectivity index is 1.77. The monoisotopic (exact) mass is 430 g/mol. The van der Waals surface area contributed by atoms with E-state index in [0.717, 1.165) is 21.1 Å². The van der Waals surface area contributed by atoms with Gasteiger partial charge in [0, 0.05) is 23.7 Å². The Morgan fingerprint density at radius 1 is 1.17 bits per heavy atom. The van der Waals surface area contributed by atoms with Crippen LogP contribution in [0.1, 0.15) is 11.8 Å². The summed E-state index contributed by atoms with van der Waals surface area (Å²) in [5.74, 6) is -0.995. The topological polar surface area (TPSA) is 88.7 Å². The second-order valence-corrected chi connectivity index (χ2v) is 10.1. The van der Waals surface area contributed by atoms with Crippen molar-refractivity contribution in [2.45, 2.75) is 12.5 Å². The lowest BCUT2D eigenvalue weighted by Gasteiger charge is -2.33. The number of rotatable bonds is 3. The Morgan fingerprint density at radius 3 is 2.59 bits per heavy atom. The maximum atomic E-state index is 14.9. The Hall–Kier alpha value is -2.78. The van der Waals surface area contributed by atoms with E-state index in [4.69, 9.17) is 5.73 Å². The Labute approximate surface area is 172 Å². The Kier molecular flexibility index (Phi) is 4.66. The van der Waals surface area contributed by atoms with Gasteiger partial charge >= 0.3 is 0 Å². The maximum Gasteiger partial charge on any atom is 0.239 e. The molecule has 29 heavy (non-hydrogen) atoms. The molecule has 1 aromatic carbocycles. The normalized spacial score (nSPS) is 21.1. The first-order chi connectivity index (χ1) is 13.7. The molecule has 3 heterocycles. The third-order valence-corrected chi connectivity index (χ3v) is 8.22. The fourth-order valence-corrected chi connectivity index (χ4v) is 5.95. The van der Waals surface area contributed by atoms with Crippen LogP contribution < -0.4 is 5.73 Å². The van der Waals surface area contributed by atoms with Gasteiger partial charge in [-0.1, -0.05) is 30.3 Å². The molecule has 0 amide bonds. The zero-order chi connectivity index (χ0) is 20.8. The molecule has 1 aliphatic rings. The molecule has 3 aromatic rings. The summed E-state index contributed by atoms with van der Waals surface area (Å²) in [6.07, 6.45) is 1.67. The van der Waals surface area contributed by atoms with Crippen LogP contribution in [0.5, 0.6) is 0 Å². The molecule has 0 aliphatic carbocycles. The summed E-state index contributed by atoms with van der Waals surface area (Å²) >= 11 is 1.18. The second-order valence-electron chi connectivity index (χ2n) is 7.05. The van der Waals surface area contributed by atoms with Crippen molar-refractivity contribution < 1.29 is 12.8 Å². The number of aromatic nitrogens is 1. The highest BCUT2D eigenvalue weighted by Gasteiger charge is 2.42. The van der Waals surface area contributed by atoms with E-state index in [0.29, 0.717) is 4.88 Å². The summed E-state index contributed by atoms with van der Waals surface area (Å²) in [7, 11) is -2.33. The third-order valence-electron chi connectivity index (χ3n) is 4.85. The van der Waals surface area contributed by atoms with Crippen molar-refractivity contribution in [2.24, 2.45) is 10.7 Å². The third kappa shape index (κ3) is 3.51. The molecule has 2 N–H and O–H groups in total. The maximum absolute atomic E-state index is 14.9. The summed E-state index contributed by atoms with van der Waals surface area (Å²) in [5, 5.41) is 0. The number of sulfonamides is 1. The first-order valence-corrected chi connectivity index (χ1v) is 11.3. The van der Waals surface area contributed by atoms with Crippen LogP contribution in [0, 0.1) is 5.82 Å². The molecular formula is C20H19FN4O2S2. The molecule has 0 fully saturated rings. The number of hydrogen-bond acceptors (Lipinski definition) is 6. The molecule has 9 heteroatoms. The fraction of sp³-hybridized carbons (Fsp3) is 0.200. The number of hydrogen-bond donors (Lipinski definition) is 1. The number of guanidine groups is 1. The van der Waals surface area contributed by atoms with E-state index in [1.165, 1.54) is 24.5 Å². The predicted molar refractivity (Wildman–Crippen MR) is 113 cm³/mol. The summed E-state index contributed by atoms with van der Waals surface area (Å²) in [4.78, 5) is 9.60. The summed E-state index contributed by atoms with van der Waals surface area (Å²) in [6, 6.07) is 14.8. The standard InChI is InChI=1S/C20H19FN4O2S2/c1-20(12-29(26,27)25(2)19(22)24-20)18-15(21)11-17(28-18)14-8-9-23-16(10-14)13-6-4-3-5-7-13/h3-11H,12H2,1-2H3,(H2,22,24). The number of halogens is 1. The van der Waals surface area contributed by atoms with E-state index in [1.54, 1.807) is 19.2 Å². The highest BCUT2D eigenvalue weighted by Crippen LogP contribution is 2.41. The molecule has 6 nitrogen and oxygen atoms in total. The minimum atomic E-state index is -3.67. The van der Waals surface area contributed by atoms with Crippen LogP contribution in [0.3, 0.4) is 0 Å². The summed E-state index contributed by atoms with van der Waals surface area (Å²) in [5.41, 5.74) is 7.03. The minimum absolute atomic E-state index is 0.150. The number of nitrogens with zero attached hydrogens (tertiary/aromatic N) is 3. The zero-order valence-corrected chi connectivity index (χ0v) is 17.5. The fourth-order valence-electron chi connectivity index (χ4n) is 3.30. The van der Waals surface area contributed by atoms with Crippen LogP contribution in [-0.4, -0.2) is 36.5 Å². The van der Waals surface area contributed by atoms with Gasteiger partial charge in [-0.3, -0.25) is 4.98 Å². The van der Waals surface area contributed by atoms with Crippen LogP contribution in [-0.2, 0) is 15.6 Å². The molecule has 150 valence electrons. The molecule has 4 rings (SSSR count). The van der Waals surface area contributed by atoms with Crippen LogP contribution in [0.25, 0.3) is 21.7 Å². The van der Waals surface area contributed by atoms with Crippen molar-refractivity contribution in [3.8, 4) is 21.7 Å². The van der Waals surface area contributed by atoms with Gasteiger partial charge in [0.1, 0.15) is 11.4 Å². The van der Waals surface area contributed by atoms with Crippen LogP contribution >= 0.6 is 11.3 Å². The van der Waals surface area contributed by atoms with Crippen molar-refractivity contribution in [2.75, 3.05) is 12.8 Å². The average molecular weight is 431 g/mol. The quantitative estimate of drug-likeness (QED) is 0.690. The van der Waals surface area contributed by atoms with E-state index in [1.807, 2.05) is 36.4 Å². The number of nitrogens with two attached hydrogens (primary N) is 1. The van der Waals surface area contributed by atoms with Crippen molar-refractivity contribution >= 4 is 27.3 Å². The highest BCUT2D eigenvalue weighted by atomic mass is 32.2. The Morgan fingerprint density at radius 2 is 1.90 bits per heavy atom. The van der Waals surface area contributed by atoms with Crippen LogP contribution in [0.2, 0.25) is 0 Å². The smallest absolute Gasteiger partial charge is 0.239 e. The molecule has 1 atom stereocenters. The molecule has 0 radical (unpaired) electrons. The molecule has 1 unspecified atom stereocenters. The van der Waals surface area contributed by atoms with Crippen molar-refractivity contribution in [1.29, 1.82) is 0 Å². The first kappa shape index (κ1) is 19.5. The minimum Gasteiger partial charge on any atom is -0.369 e. The number of thiophene rings is 1.